The number of hydrogen-bond acceptors (Lipinski definition) is 4. The average Bonchev–Trinajstić information content (AvgIpc) is 3.06. The first-order valence-electron chi connectivity index (χ1n) is 5.93. The van der Waals surface area contributed by atoms with Crippen LogP contribution in [0.4, 0.5) is 0 Å². The van der Waals surface area contributed by atoms with Gasteiger partial charge in [0.2, 0.25) is 0 Å². The van der Waals surface area contributed by atoms with Crippen LogP contribution in [0.15, 0.2) is 26.1 Å². The fraction of sp³-hybridized carbons (Fsp3) is 0.385. The van der Waals surface area contributed by atoms with E-state index in [-0.39, 0.29) is 22.3 Å². The Bertz CT molecular complexity index is 737. The van der Waals surface area contributed by atoms with E-state index in [0.717, 1.165) is 24.6 Å². The molecule has 0 aromatic carbocycles. The number of nitrogens with zero attached hydrogens (tertiary/aromatic N) is 1. The first-order valence-corrected chi connectivity index (χ1v) is 5.93. The second-order valence-electron chi connectivity index (χ2n) is 4.83. The van der Waals surface area contributed by atoms with Crippen molar-refractivity contribution in [1.82, 2.24) is 4.57 Å². The Morgan fingerprint density at radius 3 is 2.78 bits per heavy atom. The van der Waals surface area contributed by atoms with Crippen LogP contribution >= 0.6 is 0 Å². The molecule has 2 aromatic heterocycles. The Morgan fingerprint density at radius 1 is 1.39 bits per heavy atom. The van der Waals surface area contributed by atoms with Crippen LogP contribution in [-0.2, 0) is 6.54 Å². The first-order chi connectivity index (χ1) is 8.56. The van der Waals surface area contributed by atoms with E-state index in [1.807, 2.05) is 0 Å². The van der Waals surface area contributed by atoms with Gasteiger partial charge in [-0.1, -0.05) is 0 Å². The van der Waals surface area contributed by atoms with Gasteiger partial charge in [0, 0.05) is 18.3 Å². The second-order valence-corrected chi connectivity index (χ2v) is 4.83. The van der Waals surface area contributed by atoms with Gasteiger partial charge in [-0.15, -0.1) is 0 Å². The zero-order chi connectivity index (χ0) is 12.9. The summed E-state index contributed by atoms with van der Waals surface area (Å²) in [5.74, 6) is 0.243. The van der Waals surface area contributed by atoms with Crippen LogP contribution in [0.1, 0.15) is 18.5 Å². The van der Waals surface area contributed by atoms with Gasteiger partial charge in [0.15, 0.2) is 0 Å². The van der Waals surface area contributed by atoms with Gasteiger partial charge in [0.05, 0.1) is 6.07 Å². The van der Waals surface area contributed by atoms with Crippen molar-refractivity contribution in [1.29, 1.82) is 0 Å². The molecule has 0 aliphatic heterocycles. The van der Waals surface area contributed by atoms with Gasteiger partial charge in [-0.3, -0.25) is 4.79 Å². The minimum Gasteiger partial charge on any atom is -0.507 e. The molecule has 94 valence electrons. The lowest BCUT2D eigenvalue weighted by Crippen LogP contribution is -2.23. The highest BCUT2D eigenvalue weighted by molar-refractivity contribution is 5.82. The zero-order valence-electron chi connectivity index (χ0n) is 9.97. The monoisotopic (exact) mass is 247 g/mol. The van der Waals surface area contributed by atoms with E-state index in [1.54, 1.807) is 17.6 Å². The molecule has 18 heavy (non-hydrogen) atoms. The Kier molecular flexibility index (Phi) is 2.29. The first kappa shape index (κ1) is 11.1. The normalized spacial score (nSPS) is 15.2. The van der Waals surface area contributed by atoms with E-state index in [0.29, 0.717) is 12.5 Å². The van der Waals surface area contributed by atoms with Crippen molar-refractivity contribution in [2.24, 2.45) is 5.92 Å². The fourth-order valence-electron chi connectivity index (χ4n) is 2.16. The highest BCUT2D eigenvalue weighted by Crippen LogP contribution is 2.31. The van der Waals surface area contributed by atoms with Crippen molar-refractivity contribution in [3.63, 3.8) is 0 Å². The number of hydrogen-bond donors (Lipinski definition) is 1. The molecule has 5 heteroatoms. The molecule has 0 spiro atoms. The summed E-state index contributed by atoms with van der Waals surface area (Å²) in [5.41, 5.74) is -0.0559. The minimum absolute atomic E-state index is 0.0841. The highest BCUT2D eigenvalue weighted by atomic mass is 16.4. The van der Waals surface area contributed by atoms with Crippen LogP contribution in [-0.4, -0.2) is 9.67 Å². The van der Waals surface area contributed by atoms with Crippen molar-refractivity contribution < 1.29 is 9.52 Å². The molecule has 0 saturated heterocycles. The third-order valence-corrected chi connectivity index (χ3v) is 3.33. The summed E-state index contributed by atoms with van der Waals surface area (Å²) < 4.78 is 6.59. The molecule has 0 amide bonds. The van der Waals surface area contributed by atoms with Gasteiger partial charge in [0.25, 0.3) is 5.56 Å². The molecule has 2 heterocycles. The molecule has 5 nitrogen and oxygen atoms in total. The lowest BCUT2D eigenvalue weighted by molar-refractivity contribution is 0.465. The predicted molar refractivity (Wildman–Crippen MR) is 65.9 cm³/mol. The second kappa shape index (κ2) is 3.73. The standard InChI is InChI=1S/C13H13NO4/c1-7-4-10-12(9(15)5-11(16)18-10)13(17)14(7)6-8-2-3-8/h4-5,8,15H,2-3,6H2,1H3. The number of fused-ring (bicyclic) bond motifs is 1. The van der Waals surface area contributed by atoms with Crippen LogP contribution < -0.4 is 11.2 Å². The maximum atomic E-state index is 12.3. The van der Waals surface area contributed by atoms with Crippen LogP contribution in [0.25, 0.3) is 11.0 Å². The molecule has 0 bridgehead atoms. The smallest absolute Gasteiger partial charge is 0.339 e. The van der Waals surface area contributed by atoms with E-state index in [4.69, 9.17) is 4.42 Å². The van der Waals surface area contributed by atoms with Crippen LogP contribution in [0, 0.1) is 12.8 Å². The number of rotatable bonds is 2. The lowest BCUT2D eigenvalue weighted by atomic mass is 10.2. The van der Waals surface area contributed by atoms with E-state index < -0.39 is 5.63 Å². The quantitative estimate of drug-likeness (QED) is 0.870. The maximum Gasteiger partial charge on any atom is 0.339 e. The van der Waals surface area contributed by atoms with Gasteiger partial charge in [-0.05, 0) is 25.7 Å². The summed E-state index contributed by atoms with van der Waals surface area (Å²) in [4.78, 5) is 23.4. The van der Waals surface area contributed by atoms with Crippen molar-refractivity contribution >= 4 is 11.0 Å². The molecule has 1 N–H and O–H groups in total. The molecule has 2 aromatic rings. The molecule has 3 rings (SSSR count). The largest absolute Gasteiger partial charge is 0.507 e. The summed E-state index contributed by atoms with van der Waals surface area (Å²) in [5, 5.41) is 9.81. The maximum absolute atomic E-state index is 12.3. The third kappa shape index (κ3) is 1.72. The number of aryl methyl sites for hydroxylation is 1. The van der Waals surface area contributed by atoms with Crippen LogP contribution in [0.3, 0.4) is 0 Å². The summed E-state index contributed by atoms with van der Waals surface area (Å²) in [7, 11) is 0. The average molecular weight is 247 g/mol. The molecule has 1 fully saturated rings. The molecule has 1 aliphatic carbocycles. The van der Waals surface area contributed by atoms with Gasteiger partial charge < -0.3 is 14.1 Å². The minimum atomic E-state index is -0.654. The van der Waals surface area contributed by atoms with Crippen molar-refractivity contribution in [3.8, 4) is 5.75 Å². The van der Waals surface area contributed by atoms with Gasteiger partial charge in [-0.25, -0.2) is 4.79 Å². The Morgan fingerprint density at radius 2 is 2.11 bits per heavy atom. The third-order valence-electron chi connectivity index (χ3n) is 3.33. The molecule has 0 atom stereocenters. The molecule has 1 aliphatic rings. The highest BCUT2D eigenvalue weighted by Gasteiger charge is 2.24. The van der Waals surface area contributed by atoms with Gasteiger partial charge in [0.1, 0.15) is 16.7 Å². The molecular weight excluding hydrogens is 234 g/mol. The molecular formula is C13H13NO4. The summed E-state index contributed by atoms with van der Waals surface area (Å²) in [6, 6.07) is 2.56. The fourth-order valence-corrected chi connectivity index (χ4v) is 2.16. The van der Waals surface area contributed by atoms with Gasteiger partial charge in [-0.2, -0.15) is 0 Å². The van der Waals surface area contributed by atoms with Crippen LogP contribution in [0.5, 0.6) is 5.75 Å². The van der Waals surface area contributed by atoms with Crippen LogP contribution in [0.2, 0.25) is 0 Å². The number of pyridine rings is 1. The van der Waals surface area contributed by atoms with E-state index in [1.165, 1.54) is 0 Å². The Labute approximate surface area is 102 Å². The number of aromatic hydroxyl groups is 1. The van der Waals surface area contributed by atoms with E-state index >= 15 is 0 Å². The molecule has 1 saturated carbocycles. The zero-order valence-corrected chi connectivity index (χ0v) is 9.97. The molecule has 0 radical (unpaired) electrons. The van der Waals surface area contributed by atoms with E-state index in [9.17, 15) is 14.7 Å². The summed E-state index contributed by atoms with van der Waals surface area (Å²) in [6.45, 7) is 2.46. The van der Waals surface area contributed by atoms with Crippen molar-refractivity contribution in [2.75, 3.05) is 0 Å². The van der Waals surface area contributed by atoms with Crippen molar-refractivity contribution in [2.45, 2.75) is 26.3 Å². The Hall–Kier alpha value is -2.04. The van der Waals surface area contributed by atoms with Gasteiger partial charge >= 0.3 is 5.63 Å². The van der Waals surface area contributed by atoms with Crippen molar-refractivity contribution in [3.05, 3.63) is 38.6 Å². The SMILES string of the molecule is Cc1cc2oc(=O)cc(O)c2c(=O)n1CC1CC1. The molecule has 0 unspecified atom stereocenters. The summed E-state index contributed by atoms with van der Waals surface area (Å²) in [6.07, 6.45) is 2.28. The Balaban J connectivity index is 2.32. The lowest BCUT2D eigenvalue weighted by Gasteiger charge is -2.10. The number of aromatic nitrogens is 1. The predicted octanol–water partition coefficient (Wildman–Crippen LogP) is 1.38. The topological polar surface area (TPSA) is 72.4 Å². The van der Waals surface area contributed by atoms with E-state index in [2.05, 4.69) is 0 Å². The summed E-state index contributed by atoms with van der Waals surface area (Å²) >= 11 is 0.